The van der Waals surface area contributed by atoms with Crippen molar-refractivity contribution in [3.63, 3.8) is 0 Å². The summed E-state index contributed by atoms with van der Waals surface area (Å²) in [4.78, 5) is 0. The highest BCUT2D eigenvalue weighted by Crippen LogP contribution is 2.28. The minimum Gasteiger partial charge on any atom is -0.492 e. The Morgan fingerprint density at radius 1 is 1.44 bits per heavy atom. The maximum atomic E-state index is 11.1. The first-order chi connectivity index (χ1) is 8.33. The molecule has 1 rings (SSSR count). The number of nitrogens with one attached hydrogen (secondary N) is 1. The molecule has 0 saturated carbocycles. The van der Waals surface area contributed by atoms with Crippen LogP contribution in [-0.2, 0) is 9.84 Å². The van der Waals surface area contributed by atoms with Gasteiger partial charge < -0.3 is 10.1 Å². The molecule has 18 heavy (non-hydrogen) atoms. The van der Waals surface area contributed by atoms with Gasteiger partial charge in [-0.3, -0.25) is 0 Å². The molecule has 0 heterocycles. The molecule has 4 nitrogen and oxygen atoms in total. The average Bonchev–Trinajstić information content (AvgIpc) is 2.26. The summed E-state index contributed by atoms with van der Waals surface area (Å²) in [6.45, 7) is 2.19. The summed E-state index contributed by atoms with van der Waals surface area (Å²) >= 11 is 3.38. The van der Waals surface area contributed by atoms with Crippen molar-refractivity contribution >= 4 is 25.8 Å². The fourth-order valence-corrected chi connectivity index (χ4v) is 2.18. The van der Waals surface area contributed by atoms with Gasteiger partial charge in [-0.1, -0.05) is 22.0 Å². The molecular weight excluding hydrogens is 318 g/mol. The minimum absolute atomic E-state index is 0.0207. The van der Waals surface area contributed by atoms with Crippen molar-refractivity contribution in [2.75, 3.05) is 25.7 Å². The van der Waals surface area contributed by atoms with Crippen LogP contribution in [0.2, 0.25) is 0 Å². The topological polar surface area (TPSA) is 55.4 Å². The maximum absolute atomic E-state index is 11.1. The monoisotopic (exact) mass is 335 g/mol. The number of benzene rings is 1. The Kier molecular flexibility index (Phi) is 5.62. The molecule has 0 aliphatic carbocycles. The Morgan fingerprint density at radius 3 is 2.67 bits per heavy atom. The van der Waals surface area contributed by atoms with Gasteiger partial charge >= 0.3 is 0 Å². The fraction of sp³-hybridized carbons (Fsp3) is 0.500. The molecule has 0 aliphatic rings. The standard InChI is InChI=1S/C12H18BrNO3S/c1-9(14-2)11-5-4-10(13)8-12(11)17-6-7-18(3,15)16/h4-5,8-9,14H,6-7H2,1-3H3. The summed E-state index contributed by atoms with van der Waals surface area (Å²) in [6, 6.07) is 5.89. The van der Waals surface area contributed by atoms with Crippen molar-refractivity contribution in [1.82, 2.24) is 5.32 Å². The third-order valence-electron chi connectivity index (χ3n) is 2.59. The first-order valence-corrected chi connectivity index (χ1v) is 8.46. The van der Waals surface area contributed by atoms with E-state index in [0.29, 0.717) is 5.75 Å². The second kappa shape index (κ2) is 6.54. The van der Waals surface area contributed by atoms with E-state index in [0.717, 1.165) is 10.0 Å². The third kappa shape index (κ3) is 4.96. The van der Waals surface area contributed by atoms with E-state index in [4.69, 9.17) is 4.74 Å². The molecule has 0 amide bonds. The van der Waals surface area contributed by atoms with E-state index in [-0.39, 0.29) is 18.4 Å². The smallest absolute Gasteiger partial charge is 0.150 e. The molecule has 0 radical (unpaired) electrons. The van der Waals surface area contributed by atoms with Crippen molar-refractivity contribution in [3.05, 3.63) is 28.2 Å². The molecule has 0 saturated heterocycles. The molecule has 1 aromatic carbocycles. The first-order valence-electron chi connectivity index (χ1n) is 5.60. The van der Waals surface area contributed by atoms with Gasteiger partial charge in [-0.05, 0) is 26.1 Å². The van der Waals surface area contributed by atoms with Crippen LogP contribution in [0.15, 0.2) is 22.7 Å². The number of ether oxygens (including phenoxy) is 1. The Bertz CT molecular complexity index is 502. The van der Waals surface area contributed by atoms with Crippen molar-refractivity contribution < 1.29 is 13.2 Å². The maximum Gasteiger partial charge on any atom is 0.150 e. The van der Waals surface area contributed by atoms with Gasteiger partial charge in [0.1, 0.15) is 12.4 Å². The van der Waals surface area contributed by atoms with Crippen LogP contribution in [0.5, 0.6) is 5.75 Å². The van der Waals surface area contributed by atoms with E-state index in [1.54, 1.807) is 0 Å². The van der Waals surface area contributed by atoms with Crippen LogP contribution in [0.25, 0.3) is 0 Å². The molecule has 0 aliphatic heterocycles. The summed E-state index contributed by atoms with van der Waals surface area (Å²) in [5.41, 5.74) is 1.01. The number of rotatable bonds is 6. The Balaban J connectivity index is 2.82. The number of hydrogen-bond donors (Lipinski definition) is 1. The van der Waals surface area contributed by atoms with Crippen molar-refractivity contribution in [3.8, 4) is 5.75 Å². The molecule has 1 N–H and O–H groups in total. The van der Waals surface area contributed by atoms with Crippen LogP contribution in [0, 0.1) is 0 Å². The van der Waals surface area contributed by atoms with Crippen molar-refractivity contribution in [2.45, 2.75) is 13.0 Å². The predicted molar refractivity (Wildman–Crippen MR) is 76.8 cm³/mol. The lowest BCUT2D eigenvalue weighted by Gasteiger charge is -2.16. The minimum atomic E-state index is -3.00. The Labute approximate surface area is 117 Å². The van der Waals surface area contributed by atoms with Gasteiger partial charge in [0.2, 0.25) is 0 Å². The van der Waals surface area contributed by atoms with Gasteiger partial charge in [0, 0.05) is 22.3 Å². The van der Waals surface area contributed by atoms with E-state index >= 15 is 0 Å². The highest BCUT2D eigenvalue weighted by Gasteiger charge is 2.11. The number of hydrogen-bond acceptors (Lipinski definition) is 4. The number of sulfone groups is 1. The van der Waals surface area contributed by atoms with Gasteiger partial charge in [0.05, 0.1) is 5.75 Å². The van der Waals surface area contributed by atoms with Crippen LogP contribution >= 0.6 is 15.9 Å². The summed E-state index contributed by atoms with van der Waals surface area (Å²) in [5, 5.41) is 3.13. The molecule has 102 valence electrons. The fourth-order valence-electron chi connectivity index (χ4n) is 1.45. The number of halogens is 1. The molecule has 0 aromatic heterocycles. The molecule has 0 spiro atoms. The highest BCUT2D eigenvalue weighted by atomic mass is 79.9. The lowest BCUT2D eigenvalue weighted by atomic mass is 10.1. The van der Waals surface area contributed by atoms with Crippen LogP contribution in [-0.4, -0.2) is 34.1 Å². The van der Waals surface area contributed by atoms with Gasteiger partial charge in [-0.25, -0.2) is 8.42 Å². The zero-order valence-electron chi connectivity index (χ0n) is 10.7. The summed E-state index contributed by atoms with van der Waals surface area (Å²) in [5.74, 6) is 0.724. The van der Waals surface area contributed by atoms with Gasteiger partial charge in [0.25, 0.3) is 0 Å². The third-order valence-corrected chi connectivity index (χ3v) is 3.99. The normalized spacial score (nSPS) is 13.3. The second-order valence-electron chi connectivity index (χ2n) is 4.17. The largest absolute Gasteiger partial charge is 0.492 e. The van der Waals surface area contributed by atoms with E-state index in [1.165, 1.54) is 6.26 Å². The van der Waals surface area contributed by atoms with Gasteiger partial charge in [-0.15, -0.1) is 0 Å². The van der Waals surface area contributed by atoms with E-state index < -0.39 is 9.84 Å². The lowest BCUT2D eigenvalue weighted by Crippen LogP contribution is -2.16. The quantitative estimate of drug-likeness (QED) is 0.865. The van der Waals surface area contributed by atoms with E-state index in [9.17, 15) is 8.42 Å². The molecule has 1 unspecified atom stereocenters. The SMILES string of the molecule is CNC(C)c1ccc(Br)cc1OCCS(C)(=O)=O. The highest BCUT2D eigenvalue weighted by molar-refractivity contribution is 9.10. The molecule has 0 fully saturated rings. The van der Waals surface area contributed by atoms with Crippen LogP contribution in [0.1, 0.15) is 18.5 Å². The summed E-state index contributed by atoms with van der Waals surface area (Å²) < 4.78 is 28.6. The van der Waals surface area contributed by atoms with Crippen LogP contribution in [0.4, 0.5) is 0 Å². The summed E-state index contributed by atoms with van der Waals surface area (Å²) in [6.07, 6.45) is 1.20. The van der Waals surface area contributed by atoms with E-state index in [2.05, 4.69) is 21.2 Å². The molecule has 6 heteroatoms. The van der Waals surface area contributed by atoms with Gasteiger partial charge in [-0.2, -0.15) is 0 Å². The zero-order chi connectivity index (χ0) is 13.8. The predicted octanol–water partition coefficient (Wildman–Crippen LogP) is 2.15. The Hall–Kier alpha value is -0.590. The van der Waals surface area contributed by atoms with Crippen LogP contribution in [0.3, 0.4) is 0 Å². The average molecular weight is 336 g/mol. The summed E-state index contributed by atoms with van der Waals surface area (Å²) in [7, 11) is -1.13. The zero-order valence-corrected chi connectivity index (χ0v) is 13.1. The van der Waals surface area contributed by atoms with E-state index in [1.807, 2.05) is 32.2 Å². The second-order valence-corrected chi connectivity index (χ2v) is 7.35. The van der Waals surface area contributed by atoms with Crippen molar-refractivity contribution in [1.29, 1.82) is 0 Å². The lowest BCUT2D eigenvalue weighted by molar-refractivity contribution is 0.334. The molecular formula is C12H18BrNO3S. The first kappa shape index (κ1) is 15.5. The van der Waals surface area contributed by atoms with Crippen molar-refractivity contribution in [2.24, 2.45) is 0 Å². The Morgan fingerprint density at radius 2 is 2.11 bits per heavy atom. The van der Waals surface area contributed by atoms with Crippen LogP contribution < -0.4 is 10.1 Å². The molecule has 1 atom stereocenters. The molecule has 1 aromatic rings. The molecule has 0 bridgehead atoms. The van der Waals surface area contributed by atoms with Gasteiger partial charge in [0.15, 0.2) is 9.84 Å².